The molecule has 0 fully saturated rings. The van der Waals surface area contributed by atoms with Crippen LogP contribution in [0, 0.1) is 5.92 Å². The second-order valence-electron chi connectivity index (χ2n) is 8.41. The van der Waals surface area contributed by atoms with Gasteiger partial charge in [0.15, 0.2) is 0 Å². The molecular weight excluding hydrogens is 444 g/mol. The zero-order chi connectivity index (χ0) is 24.0. The van der Waals surface area contributed by atoms with Crippen LogP contribution in [0.3, 0.4) is 0 Å². The highest BCUT2D eigenvalue weighted by Crippen LogP contribution is 2.23. The Morgan fingerprint density at radius 1 is 0.824 bits per heavy atom. The average molecular weight is 473 g/mol. The van der Waals surface area contributed by atoms with Crippen molar-refractivity contribution in [3.63, 3.8) is 0 Å². The Bertz CT molecular complexity index is 1350. The summed E-state index contributed by atoms with van der Waals surface area (Å²) in [6, 6.07) is 31.4. The van der Waals surface area contributed by atoms with E-state index in [1.54, 1.807) is 42.5 Å². The first-order valence-electron chi connectivity index (χ1n) is 11.3. The van der Waals surface area contributed by atoms with Gasteiger partial charge in [-0.15, -0.1) is 0 Å². The van der Waals surface area contributed by atoms with Crippen LogP contribution in [0.15, 0.2) is 108 Å². The lowest BCUT2D eigenvalue weighted by Crippen LogP contribution is -2.42. The summed E-state index contributed by atoms with van der Waals surface area (Å²) in [4.78, 5) is 13.0. The predicted octanol–water partition coefficient (Wildman–Crippen LogP) is 5.03. The summed E-state index contributed by atoms with van der Waals surface area (Å²) < 4.78 is 27.8. The number of para-hydroxylation sites is 1. The lowest BCUT2D eigenvalue weighted by molar-refractivity contribution is -0.119. The first-order valence-corrected chi connectivity index (χ1v) is 12.8. The summed E-state index contributed by atoms with van der Waals surface area (Å²) >= 11 is 0. The zero-order valence-electron chi connectivity index (χ0n) is 19.1. The van der Waals surface area contributed by atoms with Crippen LogP contribution in [0.1, 0.15) is 12.5 Å². The number of hydrogen-bond donors (Lipinski definition) is 1. The second-order valence-corrected chi connectivity index (χ2v) is 10.3. The number of hydrogen-bond acceptors (Lipinski definition) is 3. The fourth-order valence-corrected chi connectivity index (χ4v) is 5.46. The highest BCUT2D eigenvalue weighted by atomic mass is 32.2. The Hall–Kier alpha value is -3.64. The van der Waals surface area contributed by atoms with Crippen molar-refractivity contribution in [1.82, 2.24) is 5.32 Å². The van der Waals surface area contributed by atoms with Gasteiger partial charge < -0.3 is 5.32 Å². The lowest BCUT2D eigenvalue weighted by atomic mass is 9.96. The molecule has 1 atom stereocenters. The molecule has 0 radical (unpaired) electrons. The van der Waals surface area contributed by atoms with Crippen molar-refractivity contribution in [1.29, 1.82) is 0 Å². The van der Waals surface area contributed by atoms with Gasteiger partial charge in [-0.05, 0) is 52.9 Å². The number of benzene rings is 4. The molecule has 0 saturated heterocycles. The third kappa shape index (κ3) is 5.46. The first-order chi connectivity index (χ1) is 16.4. The zero-order valence-corrected chi connectivity index (χ0v) is 19.9. The maximum atomic E-state index is 13.3. The molecule has 174 valence electrons. The molecule has 0 aliphatic carbocycles. The molecule has 34 heavy (non-hydrogen) atoms. The molecule has 1 unspecified atom stereocenters. The van der Waals surface area contributed by atoms with E-state index >= 15 is 0 Å². The van der Waals surface area contributed by atoms with Crippen molar-refractivity contribution in [3.8, 4) is 0 Å². The summed E-state index contributed by atoms with van der Waals surface area (Å²) in [5.74, 6) is -0.154. The van der Waals surface area contributed by atoms with Gasteiger partial charge in [0, 0.05) is 6.54 Å². The van der Waals surface area contributed by atoms with Gasteiger partial charge in [0.25, 0.3) is 10.0 Å². The van der Waals surface area contributed by atoms with Crippen molar-refractivity contribution in [3.05, 3.63) is 109 Å². The molecule has 4 aromatic carbocycles. The standard InChI is InChI=1S/C28H28N2O3S/c1-22(19-24-13-10-12-23-11-8-9-18-27(23)24)20-29-28(31)21-30(25-14-4-2-5-15-25)34(32,33)26-16-6-3-7-17-26/h2-18,22H,19-21H2,1H3,(H,29,31). The minimum Gasteiger partial charge on any atom is -0.354 e. The number of nitrogens with zero attached hydrogens (tertiary/aromatic N) is 1. The minimum absolute atomic E-state index is 0.149. The molecule has 0 bridgehead atoms. The Balaban J connectivity index is 1.45. The molecule has 0 spiro atoms. The van der Waals surface area contributed by atoms with Crippen LogP contribution in [-0.4, -0.2) is 27.4 Å². The highest BCUT2D eigenvalue weighted by Gasteiger charge is 2.27. The first kappa shape index (κ1) is 23.5. The number of sulfonamides is 1. The highest BCUT2D eigenvalue weighted by molar-refractivity contribution is 7.92. The average Bonchev–Trinajstić information content (AvgIpc) is 2.87. The van der Waals surface area contributed by atoms with Crippen LogP contribution < -0.4 is 9.62 Å². The Morgan fingerprint density at radius 3 is 2.18 bits per heavy atom. The van der Waals surface area contributed by atoms with Crippen LogP contribution in [-0.2, 0) is 21.2 Å². The predicted molar refractivity (Wildman–Crippen MR) is 137 cm³/mol. The largest absolute Gasteiger partial charge is 0.354 e. The summed E-state index contributed by atoms with van der Waals surface area (Å²) in [5.41, 5.74) is 1.68. The van der Waals surface area contributed by atoms with E-state index in [1.807, 2.05) is 18.2 Å². The van der Waals surface area contributed by atoms with Crippen LogP contribution in [0.2, 0.25) is 0 Å². The van der Waals surface area contributed by atoms with Crippen LogP contribution in [0.25, 0.3) is 10.8 Å². The minimum atomic E-state index is -3.89. The molecule has 1 N–H and O–H groups in total. The van der Waals surface area contributed by atoms with E-state index in [0.717, 1.165) is 10.7 Å². The number of anilines is 1. The molecule has 4 aromatic rings. The monoisotopic (exact) mass is 472 g/mol. The van der Waals surface area contributed by atoms with Gasteiger partial charge in [-0.1, -0.05) is 85.8 Å². The van der Waals surface area contributed by atoms with E-state index < -0.39 is 10.0 Å². The second kappa shape index (κ2) is 10.5. The molecule has 6 heteroatoms. The third-order valence-corrected chi connectivity index (χ3v) is 7.55. The van der Waals surface area contributed by atoms with Crippen LogP contribution >= 0.6 is 0 Å². The summed E-state index contributed by atoms with van der Waals surface area (Å²) in [6.07, 6.45) is 0.812. The Kier molecular flexibility index (Phi) is 7.28. The van der Waals surface area contributed by atoms with Crippen molar-refractivity contribution < 1.29 is 13.2 Å². The number of nitrogens with one attached hydrogen (secondary N) is 1. The van der Waals surface area contributed by atoms with Crippen molar-refractivity contribution in [2.45, 2.75) is 18.2 Å². The van der Waals surface area contributed by atoms with E-state index in [1.165, 1.54) is 28.5 Å². The fourth-order valence-electron chi connectivity index (χ4n) is 4.02. The molecule has 0 saturated carbocycles. The number of carbonyl (C=O) groups excluding carboxylic acids is 1. The van der Waals surface area contributed by atoms with Gasteiger partial charge >= 0.3 is 0 Å². The number of fused-ring (bicyclic) bond motifs is 1. The smallest absolute Gasteiger partial charge is 0.264 e. The van der Waals surface area contributed by atoms with E-state index in [4.69, 9.17) is 0 Å². The summed E-state index contributed by atoms with van der Waals surface area (Å²) in [7, 11) is -3.89. The number of rotatable bonds is 9. The van der Waals surface area contributed by atoms with E-state index in [-0.39, 0.29) is 23.3 Å². The fraction of sp³-hybridized carbons (Fsp3) is 0.179. The maximum absolute atomic E-state index is 13.3. The van der Waals surface area contributed by atoms with Crippen molar-refractivity contribution in [2.24, 2.45) is 5.92 Å². The SMILES string of the molecule is CC(CNC(=O)CN(c1ccccc1)S(=O)(=O)c1ccccc1)Cc1cccc2ccccc12. The number of amides is 1. The Morgan fingerprint density at radius 2 is 1.44 bits per heavy atom. The quantitative estimate of drug-likeness (QED) is 0.372. The molecule has 0 aromatic heterocycles. The van der Waals surface area contributed by atoms with Crippen molar-refractivity contribution in [2.75, 3.05) is 17.4 Å². The van der Waals surface area contributed by atoms with Gasteiger partial charge in [-0.2, -0.15) is 0 Å². The molecule has 0 aliphatic heterocycles. The van der Waals surface area contributed by atoms with Crippen LogP contribution in [0.4, 0.5) is 5.69 Å². The third-order valence-electron chi connectivity index (χ3n) is 5.76. The molecule has 0 heterocycles. The number of carbonyl (C=O) groups is 1. The summed E-state index contributed by atoms with van der Waals surface area (Å²) in [5, 5.41) is 5.34. The van der Waals surface area contributed by atoms with Crippen LogP contribution in [0.5, 0.6) is 0 Å². The maximum Gasteiger partial charge on any atom is 0.264 e. The molecule has 4 rings (SSSR count). The van der Waals surface area contributed by atoms with Crippen molar-refractivity contribution >= 4 is 32.4 Å². The van der Waals surface area contributed by atoms with Gasteiger partial charge in [0.1, 0.15) is 6.54 Å². The van der Waals surface area contributed by atoms with Gasteiger partial charge in [-0.3, -0.25) is 9.10 Å². The molecular formula is C28H28N2O3S. The molecule has 5 nitrogen and oxygen atoms in total. The van der Waals surface area contributed by atoms with Gasteiger partial charge in [0.05, 0.1) is 10.6 Å². The Labute approximate surface area is 201 Å². The lowest BCUT2D eigenvalue weighted by Gasteiger charge is -2.24. The summed E-state index contributed by atoms with van der Waals surface area (Å²) in [6.45, 7) is 2.25. The molecule has 1 amide bonds. The van der Waals surface area contributed by atoms with E-state index in [2.05, 4.69) is 42.6 Å². The van der Waals surface area contributed by atoms with E-state index in [9.17, 15) is 13.2 Å². The normalized spacial score (nSPS) is 12.3. The van der Waals surface area contributed by atoms with E-state index in [0.29, 0.717) is 12.2 Å². The van der Waals surface area contributed by atoms with Gasteiger partial charge in [0.2, 0.25) is 5.91 Å². The van der Waals surface area contributed by atoms with Gasteiger partial charge in [-0.25, -0.2) is 8.42 Å². The molecule has 0 aliphatic rings. The topological polar surface area (TPSA) is 66.5 Å².